The van der Waals surface area contributed by atoms with Crippen molar-refractivity contribution in [1.29, 1.82) is 0 Å². The summed E-state index contributed by atoms with van der Waals surface area (Å²) in [5, 5.41) is 12.5. The standard InChI is InChI=1S/C19H39NO/c1-4-6-8-10-12-14-16-19(18(3)20-21)17-15-13-11-9-7-5-2/h19,21H,4-17H2,1-3H3/b20-18+. The molecule has 126 valence electrons. The second kappa shape index (κ2) is 15.9. The molecule has 21 heavy (non-hydrogen) atoms. The Hall–Kier alpha value is -0.530. The van der Waals surface area contributed by atoms with Crippen molar-refractivity contribution in [3.63, 3.8) is 0 Å². The first-order valence-corrected chi connectivity index (χ1v) is 9.44. The summed E-state index contributed by atoms with van der Waals surface area (Å²) in [7, 11) is 0. The molecule has 0 heterocycles. The van der Waals surface area contributed by atoms with E-state index in [-0.39, 0.29) is 0 Å². The zero-order valence-corrected chi connectivity index (χ0v) is 14.9. The van der Waals surface area contributed by atoms with E-state index in [0.29, 0.717) is 5.92 Å². The van der Waals surface area contributed by atoms with E-state index >= 15 is 0 Å². The average Bonchev–Trinajstić information content (AvgIpc) is 2.51. The Morgan fingerprint density at radius 3 is 1.48 bits per heavy atom. The zero-order valence-electron chi connectivity index (χ0n) is 14.9. The topological polar surface area (TPSA) is 32.6 Å². The maximum absolute atomic E-state index is 9.04. The Morgan fingerprint density at radius 1 is 0.714 bits per heavy atom. The van der Waals surface area contributed by atoms with E-state index in [9.17, 15) is 0 Å². The van der Waals surface area contributed by atoms with Gasteiger partial charge in [0.25, 0.3) is 0 Å². The first kappa shape index (κ1) is 20.5. The molecular weight excluding hydrogens is 258 g/mol. The normalized spacial score (nSPS) is 12.3. The molecule has 0 saturated carbocycles. The molecule has 2 nitrogen and oxygen atoms in total. The number of rotatable bonds is 15. The fourth-order valence-corrected chi connectivity index (χ4v) is 2.99. The predicted molar refractivity (Wildman–Crippen MR) is 94.4 cm³/mol. The number of nitrogens with zero attached hydrogens (tertiary/aromatic N) is 1. The van der Waals surface area contributed by atoms with Gasteiger partial charge in [0, 0.05) is 5.92 Å². The molecule has 0 aliphatic carbocycles. The number of hydrogen-bond donors (Lipinski definition) is 1. The third-order valence-corrected chi connectivity index (χ3v) is 4.56. The summed E-state index contributed by atoms with van der Waals surface area (Å²) in [5.74, 6) is 0.507. The maximum Gasteiger partial charge on any atom is 0.0570 e. The summed E-state index contributed by atoms with van der Waals surface area (Å²) in [5.41, 5.74) is 0.942. The Morgan fingerprint density at radius 2 is 1.10 bits per heavy atom. The van der Waals surface area contributed by atoms with Gasteiger partial charge in [-0.2, -0.15) is 0 Å². The van der Waals surface area contributed by atoms with E-state index in [1.807, 2.05) is 6.92 Å². The van der Waals surface area contributed by atoms with Gasteiger partial charge in [0.15, 0.2) is 0 Å². The lowest BCUT2D eigenvalue weighted by Crippen LogP contribution is -2.11. The molecule has 0 saturated heterocycles. The van der Waals surface area contributed by atoms with E-state index < -0.39 is 0 Å². The summed E-state index contributed by atoms with van der Waals surface area (Å²) in [6.07, 6.45) is 18.5. The lowest BCUT2D eigenvalue weighted by atomic mass is 9.91. The van der Waals surface area contributed by atoms with Crippen molar-refractivity contribution in [2.75, 3.05) is 0 Å². The molecule has 1 N–H and O–H groups in total. The molecule has 0 aliphatic rings. The Labute approximate surface area is 133 Å². The molecule has 0 atom stereocenters. The van der Waals surface area contributed by atoms with Crippen LogP contribution in [0.4, 0.5) is 0 Å². The molecule has 0 aromatic rings. The Balaban J connectivity index is 3.73. The number of unbranched alkanes of at least 4 members (excludes halogenated alkanes) is 10. The molecule has 0 aromatic carbocycles. The molecule has 0 aliphatic heterocycles. The second-order valence-electron chi connectivity index (χ2n) is 6.55. The Bertz CT molecular complexity index is 222. The van der Waals surface area contributed by atoms with Gasteiger partial charge >= 0.3 is 0 Å². The lowest BCUT2D eigenvalue weighted by Gasteiger charge is -2.15. The van der Waals surface area contributed by atoms with E-state index in [0.717, 1.165) is 5.71 Å². The SMILES string of the molecule is CCCCCCCCC(CCCCCCCC)/C(C)=N/O. The highest BCUT2D eigenvalue weighted by Crippen LogP contribution is 2.20. The highest BCUT2D eigenvalue weighted by atomic mass is 16.4. The van der Waals surface area contributed by atoms with Crippen LogP contribution < -0.4 is 0 Å². The van der Waals surface area contributed by atoms with Gasteiger partial charge in [-0.15, -0.1) is 0 Å². The minimum absolute atomic E-state index is 0.507. The monoisotopic (exact) mass is 297 g/mol. The van der Waals surface area contributed by atoms with Crippen molar-refractivity contribution < 1.29 is 5.21 Å². The van der Waals surface area contributed by atoms with E-state index in [1.165, 1.54) is 89.9 Å². The zero-order chi connectivity index (χ0) is 15.8. The van der Waals surface area contributed by atoms with Crippen LogP contribution in [0.3, 0.4) is 0 Å². The van der Waals surface area contributed by atoms with Crippen LogP contribution in [-0.2, 0) is 0 Å². The van der Waals surface area contributed by atoms with Gasteiger partial charge in [0.1, 0.15) is 0 Å². The summed E-state index contributed by atoms with van der Waals surface area (Å²) in [4.78, 5) is 0. The molecule has 0 fully saturated rings. The third-order valence-electron chi connectivity index (χ3n) is 4.56. The minimum atomic E-state index is 0.507. The molecule has 0 aromatic heterocycles. The fourth-order valence-electron chi connectivity index (χ4n) is 2.99. The summed E-state index contributed by atoms with van der Waals surface area (Å²) in [6, 6.07) is 0. The smallest absolute Gasteiger partial charge is 0.0570 e. The molecular formula is C19H39NO. The van der Waals surface area contributed by atoms with E-state index in [4.69, 9.17) is 5.21 Å². The van der Waals surface area contributed by atoms with E-state index in [1.54, 1.807) is 0 Å². The molecule has 0 amide bonds. The molecule has 0 bridgehead atoms. The molecule has 2 heteroatoms. The van der Waals surface area contributed by atoms with Gasteiger partial charge < -0.3 is 5.21 Å². The molecule has 0 radical (unpaired) electrons. The fraction of sp³-hybridized carbons (Fsp3) is 0.947. The number of oxime groups is 1. The molecule has 0 spiro atoms. The first-order valence-electron chi connectivity index (χ1n) is 9.44. The first-order chi connectivity index (χ1) is 10.3. The van der Waals surface area contributed by atoms with Gasteiger partial charge in [0.2, 0.25) is 0 Å². The van der Waals surface area contributed by atoms with Crippen LogP contribution in [0.25, 0.3) is 0 Å². The van der Waals surface area contributed by atoms with Crippen LogP contribution in [0.1, 0.15) is 111 Å². The van der Waals surface area contributed by atoms with Crippen molar-refractivity contribution >= 4 is 5.71 Å². The van der Waals surface area contributed by atoms with Crippen molar-refractivity contribution in [3.05, 3.63) is 0 Å². The second-order valence-corrected chi connectivity index (χ2v) is 6.55. The highest BCUT2D eigenvalue weighted by Gasteiger charge is 2.12. The van der Waals surface area contributed by atoms with Crippen molar-refractivity contribution in [2.24, 2.45) is 11.1 Å². The largest absolute Gasteiger partial charge is 0.411 e. The van der Waals surface area contributed by atoms with Crippen molar-refractivity contribution in [1.82, 2.24) is 0 Å². The van der Waals surface area contributed by atoms with Gasteiger partial charge in [-0.25, -0.2) is 0 Å². The van der Waals surface area contributed by atoms with Crippen LogP contribution in [0.15, 0.2) is 5.16 Å². The summed E-state index contributed by atoms with van der Waals surface area (Å²) >= 11 is 0. The van der Waals surface area contributed by atoms with Crippen LogP contribution in [-0.4, -0.2) is 10.9 Å². The highest BCUT2D eigenvalue weighted by molar-refractivity contribution is 5.83. The van der Waals surface area contributed by atoms with Crippen molar-refractivity contribution in [3.8, 4) is 0 Å². The Kier molecular flexibility index (Phi) is 15.5. The lowest BCUT2D eigenvalue weighted by molar-refractivity contribution is 0.312. The van der Waals surface area contributed by atoms with Gasteiger partial charge in [-0.3, -0.25) is 0 Å². The van der Waals surface area contributed by atoms with Crippen molar-refractivity contribution in [2.45, 2.75) is 111 Å². The number of hydrogen-bond acceptors (Lipinski definition) is 2. The van der Waals surface area contributed by atoms with Crippen LogP contribution in [0.2, 0.25) is 0 Å². The average molecular weight is 298 g/mol. The van der Waals surface area contributed by atoms with Crippen LogP contribution in [0, 0.1) is 5.92 Å². The summed E-state index contributed by atoms with van der Waals surface area (Å²) < 4.78 is 0. The van der Waals surface area contributed by atoms with Crippen LogP contribution in [0.5, 0.6) is 0 Å². The van der Waals surface area contributed by atoms with Gasteiger partial charge in [-0.1, -0.05) is 96.1 Å². The third kappa shape index (κ3) is 12.9. The molecule has 0 unspecified atom stereocenters. The molecule has 0 rings (SSSR count). The minimum Gasteiger partial charge on any atom is -0.411 e. The summed E-state index contributed by atoms with van der Waals surface area (Å²) in [6.45, 7) is 6.51. The predicted octanol–water partition coefficient (Wildman–Crippen LogP) is 6.95. The van der Waals surface area contributed by atoms with Crippen LogP contribution >= 0.6 is 0 Å². The van der Waals surface area contributed by atoms with E-state index in [2.05, 4.69) is 19.0 Å². The quantitative estimate of drug-likeness (QED) is 0.151. The van der Waals surface area contributed by atoms with Gasteiger partial charge in [0.05, 0.1) is 5.71 Å². The van der Waals surface area contributed by atoms with Gasteiger partial charge in [-0.05, 0) is 19.8 Å². The maximum atomic E-state index is 9.04.